The van der Waals surface area contributed by atoms with Gasteiger partial charge in [0, 0.05) is 31.2 Å². The van der Waals surface area contributed by atoms with Crippen molar-refractivity contribution < 1.29 is 9.53 Å². The molecule has 1 aliphatic heterocycles. The Morgan fingerprint density at radius 3 is 2.80 bits per heavy atom. The number of benzene rings is 1. The van der Waals surface area contributed by atoms with Crippen molar-refractivity contribution in [3.63, 3.8) is 0 Å². The van der Waals surface area contributed by atoms with Gasteiger partial charge in [-0.3, -0.25) is 4.79 Å². The van der Waals surface area contributed by atoms with Crippen LogP contribution in [0.1, 0.15) is 48.9 Å². The van der Waals surface area contributed by atoms with Gasteiger partial charge in [-0.1, -0.05) is 19.3 Å². The Balaban J connectivity index is 1.52. The summed E-state index contributed by atoms with van der Waals surface area (Å²) in [6.45, 7) is 3.32. The second-order valence-electron chi connectivity index (χ2n) is 7.58. The van der Waals surface area contributed by atoms with Crippen LogP contribution in [0.5, 0.6) is 0 Å². The van der Waals surface area contributed by atoms with E-state index in [9.17, 15) is 4.79 Å². The number of nitrogens with zero attached hydrogens (tertiary/aromatic N) is 2. The van der Waals surface area contributed by atoms with E-state index in [0.29, 0.717) is 11.8 Å². The predicted molar refractivity (Wildman–Crippen MR) is 97.5 cm³/mol. The van der Waals surface area contributed by atoms with Crippen LogP contribution in [0.3, 0.4) is 0 Å². The summed E-state index contributed by atoms with van der Waals surface area (Å²) in [4.78, 5) is 22.7. The molecule has 2 fully saturated rings. The monoisotopic (exact) mass is 341 g/mol. The molecule has 1 aromatic carbocycles. The number of hydrogen-bond donors (Lipinski definition) is 1. The van der Waals surface area contributed by atoms with Gasteiger partial charge < -0.3 is 14.6 Å². The van der Waals surface area contributed by atoms with Crippen molar-refractivity contribution in [3.8, 4) is 0 Å². The zero-order valence-corrected chi connectivity index (χ0v) is 14.7. The smallest absolute Gasteiger partial charge is 0.253 e. The molecule has 134 valence electrons. The molecule has 0 bridgehead atoms. The zero-order valence-electron chi connectivity index (χ0n) is 14.7. The summed E-state index contributed by atoms with van der Waals surface area (Å²) in [5.74, 6) is 1.27. The molecule has 25 heavy (non-hydrogen) atoms. The van der Waals surface area contributed by atoms with Crippen LogP contribution in [-0.2, 0) is 4.74 Å². The fraction of sp³-hybridized carbons (Fsp3) is 0.600. The highest BCUT2D eigenvalue weighted by Gasteiger charge is 2.26. The molecule has 1 aliphatic carbocycles. The molecule has 0 radical (unpaired) electrons. The highest BCUT2D eigenvalue weighted by Crippen LogP contribution is 2.26. The zero-order chi connectivity index (χ0) is 17.1. The Morgan fingerprint density at radius 2 is 2.00 bits per heavy atom. The Hall–Kier alpha value is -1.88. The summed E-state index contributed by atoms with van der Waals surface area (Å²) in [5, 5.41) is 0. The van der Waals surface area contributed by atoms with Gasteiger partial charge in [0.25, 0.3) is 5.91 Å². The number of nitrogens with one attached hydrogen (secondary N) is 1. The molecule has 0 spiro atoms. The first-order valence-corrected chi connectivity index (χ1v) is 9.60. The third kappa shape index (κ3) is 3.87. The lowest BCUT2D eigenvalue weighted by Gasteiger charge is -2.31. The second kappa shape index (κ2) is 7.56. The summed E-state index contributed by atoms with van der Waals surface area (Å²) in [5.41, 5.74) is 2.58. The van der Waals surface area contributed by atoms with Gasteiger partial charge >= 0.3 is 0 Å². The number of aromatic amines is 1. The number of amides is 1. The number of imidazole rings is 1. The number of fused-ring (bicyclic) bond motifs is 1. The maximum Gasteiger partial charge on any atom is 0.253 e. The molecule has 5 nitrogen and oxygen atoms in total. The molecule has 1 aromatic heterocycles. The van der Waals surface area contributed by atoms with E-state index in [4.69, 9.17) is 4.74 Å². The van der Waals surface area contributed by atoms with Crippen LogP contribution in [0, 0.1) is 11.8 Å². The van der Waals surface area contributed by atoms with E-state index in [1.165, 1.54) is 32.1 Å². The van der Waals surface area contributed by atoms with Crippen molar-refractivity contribution in [1.29, 1.82) is 0 Å². The van der Waals surface area contributed by atoms with E-state index in [2.05, 4.69) is 14.9 Å². The lowest BCUT2D eigenvalue weighted by atomic mass is 9.88. The Morgan fingerprint density at radius 1 is 1.16 bits per heavy atom. The van der Waals surface area contributed by atoms with E-state index in [1.807, 2.05) is 18.2 Å². The lowest BCUT2D eigenvalue weighted by molar-refractivity contribution is 0.0673. The molecule has 5 heteroatoms. The summed E-state index contributed by atoms with van der Waals surface area (Å²) in [7, 11) is 0. The molecule has 1 amide bonds. The number of rotatable bonds is 5. The van der Waals surface area contributed by atoms with Gasteiger partial charge in [0.05, 0.1) is 24.0 Å². The van der Waals surface area contributed by atoms with Gasteiger partial charge in [0.1, 0.15) is 0 Å². The van der Waals surface area contributed by atoms with Gasteiger partial charge in [-0.25, -0.2) is 4.98 Å². The van der Waals surface area contributed by atoms with Gasteiger partial charge in [0.15, 0.2) is 0 Å². The van der Waals surface area contributed by atoms with Crippen molar-refractivity contribution in [2.24, 2.45) is 11.8 Å². The first kappa shape index (κ1) is 16.6. The molecule has 2 aromatic rings. The van der Waals surface area contributed by atoms with Crippen molar-refractivity contribution >= 4 is 16.9 Å². The van der Waals surface area contributed by atoms with E-state index in [-0.39, 0.29) is 5.91 Å². The average Bonchev–Trinajstić information content (AvgIpc) is 3.32. The number of aromatic nitrogens is 2. The van der Waals surface area contributed by atoms with E-state index in [1.54, 1.807) is 6.33 Å². The number of ether oxygens (including phenoxy) is 1. The van der Waals surface area contributed by atoms with Crippen molar-refractivity contribution in [1.82, 2.24) is 14.9 Å². The van der Waals surface area contributed by atoms with E-state index >= 15 is 0 Å². The Kier molecular flexibility index (Phi) is 5.02. The molecule has 4 rings (SSSR count). The summed E-state index contributed by atoms with van der Waals surface area (Å²) in [6, 6.07) is 5.77. The average molecular weight is 341 g/mol. The van der Waals surface area contributed by atoms with Crippen LogP contribution < -0.4 is 0 Å². The standard InChI is InChI=1S/C20H27N3O2/c24-20(17-6-7-18-19(10-17)22-14-21-18)23(12-16-8-9-25-13-16)11-15-4-2-1-3-5-15/h6-7,10,14-16H,1-5,8-9,11-13H2,(H,21,22). The summed E-state index contributed by atoms with van der Waals surface area (Å²) < 4.78 is 5.53. The quantitative estimate of drug-likeness (QED) is 0.903. The molecule has 2 heterocycles. The van der Waals surface area contributed by atoms with Crippen molar-refractivity contribution in [3.05, 3.63) is 30.1 Å². The van der Waals surface area contributed by atoms with Crippen LogP contribution in [0.2, 0.25) is 0 Å². The second-order valence-corrected chi connectivity index (χ2v) is 7.58. The van der Waals surface area contributed by atoms with Gasteiger partial charge in [0.2, 0.25) is 0 Å². The van der Waals surface area contributed by atoms with Crippen LogP contribution in [-0.4, -0.2) is 47.1 Å². The predicted octanol–water partition coefficient (Wildman–Crippen LogP) is 3.62. The minimum absolute atomic E-state index is 0.147. The number of carbonyl (C=O) groups is 1. The lowest BCUT2D eigenvalue weighted by Crippen LogP contribution is -2.39. The maximum atomic E-state index is 13.2. The molecular formula is C20H27N3O2. The van der Waals surface area contributed by atoms with Gasteiger partial charge in [-0.05, 0) is 43.4 Å². The van der Waals surface area contributed by atoms with Crippen LogP contribution in [0.15, 0.2) is 24.5 Å². The first-order valence-electron chi connectivity index (χ1n) is 9.60. The third-order valence-corrected chi connectivity index (χ3v) is 5.66. The third-order valence-electron chi connectivity index (χ3n) is 5.66. The van der Waals surface area contributed by atoms with Crippen LogP contribution in [0.4, 0.5) is 0 Å². The molecule has 1 N–H and O–H groups in total. The van der Waals surface area contributed by atoms with Crippen LogP contribution in [0.25, 0.3) is 11.0 Å². The Labute approximate surface area is 148 Å². The number of hydrogen-bond acceptors (Lipinski definition) is 3. The minimum Gasteiger partial charge on any atom is -0.381 e. The van der Waals surface area contributed by atoms with Gasteiger partial charge in [-0.2, -0.15) is 0 Å². The van der Waals surface area contributed by atoms with Crippen LogP contribution >= 0.6 is 0 Å². The van der Waals surface area contributed by atoms with E-state index < -0.39 is 0 Å². The van der Waals surface area contributed by atoms with Crippen molar-refractivity contribution in [2.75, 3.05) is 26.3 Å². The van der Waals surface area contributed by atoms with E-state index in [0.717, 1.165) is 49.3 Å². The number of carbonyl (C=O) groups excluding carboxylic acids is 1. The topological polar surface area (TPSA) is 58.2 Å². The summed E-state index contributed by atoms with van der Waals surface area (Å²) in [6.07, 6.45) is 9.20. The molecule has 2 aliphatic rings. The molecule has 1 saturated carbocycles. The highest BCUT2D eigenvalue weighted by molar-refractivity contribution is 5.97. The fourth-order valence-corrected chi connectivity index (χ4v) is 4.21. The number of H-pyrrole nitrogens is 1. The van der Waals surface area contributed by atoms with Crippen molar-refractivity contribution in [2.45, 2.75) is 38.5 Å². The fourth-order valence-electron chi connectivity index (χ4n) is 4.21. The maximum absolute atomic E-state index is 13.2. The largest absolute Gasteiger partial charge is 0.381 e. The highest BCUT2D eigenvalue weighted by atomic mass is 16.5. The van der Waals surface area contributed by atoms with Gasteiger partial charge in [-0.15, -0.1) is 0 Å². The first-order chi connectivity index (χ1) is 12.3. The molecule has 1 unspecified atom stereocenters. The Bertz CT molecular complexity index is 715. The normalized spacial score (nSPS) is 21.7. The molecule has 1 saturated heterocycles. The molecular weight excluding hydrogens is 314 g/mol. The SMILES string of the molecule is O=C(c1ccc2nc[nH]c2c1)N(CC1CCCCC1)CC1CCOC1. The summed E-state index contributed by atoms with van der Waals surface area (Å²) >= 11 is 0. The molecule has 1 atom stereocenters. The minimum atomic E-state index is 0.147.